The van der Waals surface area contributed by atoms with Crippen molar-refractivity contribution in [2.75, 3.05) is 20.8 Å². The zero-order valence-corrected chi connectivity index (χ0v) is 16.9. The summed E-state index contributed by atoms with van der Waals surface area (Å²) in [4.78, 5) is 2.59. The zero-order valence-electron chi connectivity index (χ0n) is 16.9. The highest BCUT2D eigenvalue weighted by Crippen LogP contribution is 2.35. The van der Waals surface area contributed by atoms with Crippen molar-refractivity contribution >= 4 is 0 Å². The topological polar surface area (TPSA) is 26.6 Å². The van der Waals surface area contributed by atoms with E-state index in [1.54, 1.807) is 14.2 Å². The van der Waals surface area contributed by atoms with Crippen LogP contribution in [0, 0.1) is 6.92 Å². The van der Waals surface area contributed by atoms with Gasteiger partial charge in [0.1, 0.15) is 0 Å². The Morgan fingerprint density at radius 3 is 2.54 bits per heavy atom. The van der Waals surface area contributed by atoms with E-state index in [0.717, 1.165) is 37.6 Å². The number of hydrogen-bond acceptors (Lipinski definition) is 3. The van der Waals surface area contributed by atoms with Gasteiger partial charge in [0.2, 0.25) is 0 Å². The summed E-state index contributed by atoms with van der Waals surface area (Å²) in [5.41, 5.74) is 5.31. The van der Waals surface area contributed by atoms with Crippen molar-refractivity contribution in [3.05, 3.63) is 83.2 Å². The van der Waals surface area contributed by atoms with E-state index in [4.69, 9.17) is 9.47 Å². The summed E-state index contributed by atoms with van der Waals surface area (Å²) >= 11 is 0. The minimum atomic E-state index is 0.242. The van der Waals surface area contributed by atoms with Crippen LogP contribution in [0.3, 0.4) is 0 Å². The largest absolute Gasteiger partial charge is 0.493 e. The van der Waals surface area contributed by atoms with E-state index in [0.29, 0.717) is 0 Å². The molecule has 0 aliphatic carbocycles. The number of aromatic nitrogens is 1. The molecular weight excluding hydrogens is 348 g/mol. The maximum absolute atomic E-state index is 5.52. The Labute approximate surface area is 167 Å². The number of hydrogen-bond donors (Lipinski definition) is 0. The Morgan fingerprint density at radius 1 is 0.929 bits per heavy atom. The second-order valence-corrected chi connectivity index (χ2v) is 7.40. The monoisotopic (exact) mass is 376 g/mol. The van der Waals surface area contributed by atoms with Crippen LogP contribution in [-0.4, -0.2) is 30.2 Å². The molecule has 0 fully saturated rings. The molecule has 0 radical (unpaired) electrons. The molecule has 0 unspecified atom stereocenters. The SMILES string of the molecule is COc1ccc(CN2CCCn3cccc3[C@H]2c2ccccc2C)cc1OC. The second-order valence-electron chi connectivity index (χ2n) is 7.40. The lowest BCUT2D eigenvalue weighted by Gasteiger charge is -2.31. The highest BCUT2D eigenvalue weighted by molar-refractivity contribution is 5.43. The fraction of sp³-hybridized carbons (Fsp3) is 0.333. The van der Waals surface area contributed by atoms with Gasteiger partial charge in [-0.1, -0.05) is 30.3 Å². The summed E-state index contributed by atoms with van der Waals surface area (Å²) in [7, 11) is 3.37. The first-order valence-electron chi connectivity index (χ1n) is 9.87. The molecule has 1 aliphatic rings. The molecule has 1 atom stereocenters. The molecular formula is C24H28N2O2. The number of benzene rings is 2. The number of rotatable bonds is 5. The first-order chi connectivity index (χ1) is 13.7. The van der Waals surface area contributed by atoms with Gasteiger partial charge in [0.25, 0.3) is 0 Å². The number of nitrogens with zero attached hydrogens (tertiary/aromatic N) is 2. The molecule has 0 amide bonds. The van der Waals surface area contributed by atoms with E-state index >= 15 is 0 Å². The van der Waals surface area contributed by atoms with E-state index in [-0.39, 0.29) is 6.04 Å². The van der Waals surface area contributed by atoms with Gasteiger partial charge < -0.3 is 14.0 Å². The van der Waals surface area contributed by atoms with Crippen molar-refractivity contribution in [3.8, 4) is 11.5 Å². The highest BCUT2D eigenvalue weighted by atomic mass is 16.5. The summed E-state index contributed by atoms with van der Waals surface area (Å²) in [6, 6.07) is 19.7. The number of fused-ring (bicyclic) bond motifs is 1. The first-order valence-corrected chi connectivity index (χ1v) is 9.87. The molecule has 28 heavy (non-hydrogen) atoms. The molecule has 0 spiro atoms. The first kappa shape index (κ1) is 18.6. The summed E-state index contributed by atoms with van der Waals surface area (Å²) < 4.78 is 13.3. The van der Waals surface area contributed by atoms with E-state index in [9.17, 15) is 0 Å². The Balaban J connectivity index is 1.73. The lowest BCUT2D eigenvalue weighted by Crippen LogP contribution is -2.30. The van der Waals surface area contributed by atoms with Crippen molar-refractivity contribution < 1.29 is 9.47 Å². The van der Waals surface area contributed by atoms with E-state index in [2.05, 4.69) is 71.1 Å². The molecule has 1 aliphatic heterocycles. The van der Waals surface area contributed by atoms with Crippen LogP contribution in [0.15, 0.2) is 60.8 Å². The third-order valence-electron chi connectivity index (χ3n) is 5.67. The molecule has 4 heteroatoms. The average molecular weight is 377 g/mol. The second kappa shape index (κ2) is 8.11. The van der Waals surface area contributed by atoms with Crippen LogP contribution in [0.4, 0.5) is 0 Å². The summed E-state index contributed by atoms with van der Waals surface area (Å²) in [6.07, 6.45) is 3.35. The highest BCUT2D eigenvalue weighted by Gasteiger charge is 2.28. The van der Waals surface area contributed by atoms with Crippen LogP contribution in [0.1, 0.15) is 34.8 Å². The summed E-state index contributed by atoms with van der Waals surface area (Å²) in [6.45, 7) is 5.19. The van der Waals surface area contributed by atoms with Gasteiger partial charge in [-0.25, -0.2) is 0 Å². The van der Waals surface area contributed by atoms with Crippen molar-refractivity contribution in [1.82, 2.24) is 9.47 Å². The Morgan fingerprint density at radius 2 is 1.75 bits per heavy atom. The van der Waals surface area contributed by atoms with Gasteiger partial charge >= 0.3 is 0 Å². The number of ether oxygens (including phenoxy) is 2. The van der Waals surface area contributed by atoms with Crippen LogP contribution < -0.4 is 9.47 Å². The van der Waals surface area contributed by atoms with Crippen LogP contribution in [0.2, 0.25) is 0 Å². The van der Waals surface area contributed by atoms with Gasteiger partial charge in [0.15, 0.2) is 11.5 Å². The fourth-order valence-electron chi connectivity index (χ4n) is 4.27. The standard InChI is InChI=1S/C24H28N2O2/c1-18-8-4-5-9-20(18)24-21-10-6-13-25(21)14-7-15-26(24)17-19-11-12-22(27-2)23(16-19)28-3/h4-6,8-13,16,24H,7,14-15,17H2,1-3H3/t24-/m1/s1. The molecule has 2 aromatic carbocycles. The fourth-order valence-corrected chi connectivity index (χ4v) is 4.27. The van der Waals surface area contributed by atoms with Gasteiger partial charge in [-0.15, -0.1) is 0 Å². The van der Waals surface area contributed by atoms with Crippen LogP contribution in [0.25, 0.3) is 0 Å². The van der Waals surface area contributed by atoms with Crippen molar-refractivity contribution in [2.45, 2.75) is 32.5 Å². The van der Waals surface area contributed by atoms with E-state index in [1.165, 1.54) is 22.4 Å². The van der Waals surface area contributed by atoms with Gasteiger partial charge in [0, 0.05) is 31.5 Å². The molecule has 146 valence electrons. The Hall–Kier alpha value is -2.72. The minimum absolute atomic E-state index is 0.242. The molecule has 2 heterocycles. The molecule has 0 saturated carbocycles. The van der Waals surface area contributed by atoms with Crippen molar-refractivity contribution in [2.24, 2.45) is 0 Å². The minimum Gasteiger partial charge on any atom is -0.493 e. The molecule has 0 bridgehead atoms. The zero-order chi connectivity index (χ0) is 19.5. The van der Waals surface area contributed by atoms with Gasteiger partial charge in [-0.05, 0) is 54.3 Å². The Kier molecular flexibility index (Phi) is 5.40. The maximum atomic E-state index is 5.52. The molecule has 4 nitrogen and oxygen atoms in total. The maximum Gasteiger partial charge on any atom is 0.161 e. The van der Waals surface area contributed by atoms with Gasteiger partial charge in [0.05, 0.1) is 20.3 Å². The molecule has 4 rings (SSSR count). The normalized spacial score (nSPS) is 17.0. The van der Waals surface area contributed by atoms with E-state index < -0.39 is 0 Å². The van der Waals surface area contributed by atoms with Gasteiger partial charge in [-0.3, -0.25) is 4.90 Å². The lowest BCUT2D eigenvalue weighted by molar-refractivity contribution is 0.219. The quantitative estimate of drug-likeness (QED) is 0.639. The molecule has 0 N–H and O–H groups in total. The van der Waals surface area contributed by atoms with Crippen molar-refractivity contribution in [1.29, 1.82) is 0 Å². The van der Waals surface area contributed by atoms with Crippen molar-refractivity contribution in [3.63, 3.8) is 0 Å². The summed E-state index contributed by atoms with van der Waals surface area (Å²) in [5.74, 6) is 1.55. The van der Waals surface area contributed by atoms with Crippen LogP contribution in [-0.2, 0) is 13.1 Å². The molecule has 1 aromatic heterocycles. The molecule has 0 saturated heterocycles. The van der Waals surface area contributed by atoms with Crippen LogP contribution in [0.5, 0.6) is 11.5 Å². The van der Waals surface area contributed by atoms with E-state index in [1.807, 2.05) is 6.07 Å². The summed E-state index contributed by atoms with van der Waals surface area (Å²) in [5, 5.41) is 0. The average Bonchev–Trinajstić information content (AvgIpc) is 3.10. The smallest absolute Gasteiger partial charge is 0.161 e. The lowest BCUT2D eigenvalue weighted by atomic mass is 9.96. The predicted molar refractivity (Wildman–Crippen MR) is 112 cm³/mol. The third-order valence-corrected chi connectivity index (χ3v) is 5.67. The Bertz CT molecular complexity index is 947. The number of aryl methyl sites for hydroxylation is 2. The van der Waals surface area contributed by atoms with Crippen LogP contribution >= 0.6 is 0 Å². The predicted octanol–water partition coefficient (Wildman–Crippen LogP) is 4.81. The van der Waals surface area contributed by atoms with Gasteiger partial charge in [-0.2, -0.15) is 0 Å². The number of methoxy groups -OCH3 is 2. The molecule has 3 aromatic rings. The third kappa shape index (κ3) is 3.52.